The van der Waals surface area contributed by atoms with E-state index in [2.05, 4.69) is 0 Å². The van der Waals surface area contributed by atoms with Crippen LogP contribution in [0, 0.1) is 11.2 Å². The Hall–Kier alpha value is -1.46. The van der Waals surface area contributed by atoms with Crippen molar-refractivity contribution in [1.82, 2.24) is 4.90 Å². The monoisotopic (exact) mass is 279 g/mol. The summed E-state index contributed by atoms with van der Waals surface area (Å²) in [5.41, 5.74) is 6.13. The van der Waals surface area contributed by atoms with Gasteiger partial charge in [0.2, 0.25) is 0 Å². The SMILES string of the molecule is CN(Cc1ccc(F)cc1C(=N)N)CC1(O)CCCC1. The Labute approximate surface area is 118 Å². The number of benzene rings is 1. The Morgan fingerprint density at radius 1 is 1.45 bits per heavy atom. The molecule has 1 saturated carbocycles. The summed E-state index contributed by atoms with van der Waals surface area (Å²) < 4.78 is 13.2. The summed E-state index contributed by atoms with van der Waals surface area (Å²) >= 11 is 0. The molecule has 5 heteroatoms. The Morgan fingerprint density at radius 3 is 2.70 bits per heavy atom. The van der Waals surface area contributed by atoms with Gasteiger partial charge >= 0.3 is 0 Å². The molecule has 20 heavy (non-hydrogen) atoms. The highest BCUT2D eigenvalue weighted by Crippen LogP contribution is 2.30. The molecule has 4 N–H and O–H groups in total. The first-order chi connectivity index (χ1) is 9.39. The summed E-state index contributed by atoms with van der Waals surface area (Å²) in [6.45, 7) is 1.12. The fraction of sp³-hybridized carbons (Fsp3) is 0.533. The lowest BCUT2D eigenvalue weighted by Gasteiger charge is -2.29. The first-order valence-electron chi connectivity index (χ1n) is 6.93. The highest BCUT2D eigenvalue weighted by molar-refractivity contribution is 5.96. The summed E-state index contributed by atoms with van der Waals surface area (Å²) in [6, 6.07) is 4.32. The summed E-state index contributed by atoms with van der Waals surface area (Å²) in [7, 11) is 1.92. The minimum absolute atomic E-state index is 0.132. The van der Waals surface area contributed by atoms with Crippen molar-refractivity contribution in [1.29, 1.82) is 5.41 Å². The molecule has 4 nitrogen and oxygen atoms in total. The highest BCUT2D eigenvalue weighted by atomic mass is 19.1. The first kappa shape index (κ1) is 14.9. The Morgan fingerprint density at radius 2 is 2.10 bits per heavy atom. The van der Waals surface area contributed by atoms with Crippen LogP contribution in [0.5, 0.6) is 0 Å². The van der Waals surface area contributed by atoms with Crippen LogP contribution in [0.3, 0.4) is 0 Å². The van der Waals surface area contributed by atoms with Gasteiger partial charge in [-0.25, -0.2) is 4.39 Å². The predicted molar refractivity (Wildman–Crippen MR) is 77.2 cm³/mol. The van der Waals surface area contributed by atoms with E-state index >= 15 is 0 Å². The molecular weight excluding hydrogens is 257 g/mol. The molecule has 0 bridgehead atoms. The number of nitrogens with one attached hydrogen (secondary N) is 1. The number of nitrogens with zero attached hydrogens (tertiary/aromatic N) is 1. The van der Waals surface area contributed by atoms with Crippen LogP contribution in [0.4, 0.5) is 4.39 Å². The number of nitrogen functional groups attached to an aromatic ring is 1. The largest absolute Gasteiger partial charge is 0.389 e. The number of nitrogens with two attached hydrogens (primary N) is 1. The zero-order chi connectivity index (χ0) is 14.8. The second kappa shape index (κ2) is 5.89. The predicted octanol–water partition coefficient (Wildman–Crippen LogP) is 1.85. The Bertz CT molecular complexity index is 498. The van der Waals surface area contributed by atoms with Crippen LogP contribution in [-0.2, 0) is 6.54 Å². The van der Waals surface area contributed by atoms with Gasteiger partial charge in [0, 0.05) is 18.7 Å². The summed E-state index contributed by atoms with van der Waals surface area (Å²) in [6.07, 6.45) is 3.81. The Kier molecular flexibility index (Phi) is 4.40. The minimum Gasteiger partial charge on any atom is -0.389 e. The van der Waals surface area contributed by atoms with Gasteiger partial charge < -0.3 is 10.8 Å². The van der Waals surface area contributed by atoms with E-state index in [9.17, 15) is 9.50 Å². The molecule has 1 aromatic rings. The topological polar surface area (TPSA) is 73.3 Å². The van der Waals surface area contributed by atoms with Gasteiger partial charge in [0.15, 0.2) is 0 Å². The van der Waals surface area contributed by atoms with E-state index in [4.69, 9.17) is 11.1 Å². The average molecular weight is 279 g/mol. The fourth-order valence-electron chi connectivity index (χ4n) is 2.98. The van der Waals surface area contributed by atoms with E-state index < -0.39 is 11.4 Å². The lowest BCUT2D eigenvalue weighted by molar-refractivity contribution is 0.0145. The van der Waals surface area contributed by atoms with Crippen molar-refractivity contribution in [3.05, 3.63) is 35.1 Å². The molecule has 0 saturated heterocycles. The lowest BCUT2D eigenvalue weighted by atomic mass is 10.0. The third kappa shape index (κ3) is 3.55. The third-order valence-electron chi connectivity index (χ3n) is 3.90. The second-order valence-electron chi connectivity index (χ2n) is 5.82. The van der Waals surface area contributed by atoms with E-state index in [1.54, 1.807) is 6.07 Å². The Balaban J connectivity index is 2.07. The van der Waals surface area contributed by atoms with Gasteiger partial charge in [-0.15, -0.1) is 0 Å². The van der Waals surface area contributed by atoms with Gasteiger partial charge in [-0.05, 0) is 37.6 Å². The molecule has 0 radical (unpaired) electrons. The molecule has 0 unspecified atom stereocenters. The van der Waals surface area contributed by atoms with Gasteiger partial charge in [-0.1, -0.05) is 18.9 Å². The molecule has 0 spiro atoms. The molecule has 2 rings (SSSR count). The van der Waals surface area contributed by atoms with Crippen LogP contribution >= 0.6 is 0 Å². The average Bonchev–Trinajstić information content (AvgIpc) is 2.77. The van der Waals surface area contributed by atoms with Gasteiger partial charge in [0.05, 0.1) is 5.60 Å². The van der Waals surface area contributed by atoms with Crippen molar-refractivity contribution in [2.45, 2.75) is 37.8 Å². The van der Waals surface area contributed by atoms with E-state index in [0.717, 1.165) is 31.2 Å². The smallest absolute Gasteiger partial charge is 0.123 e. The van der Waals surface area contributed by atoms with Crippen LogP contribution in [0.1, 0.15) is 36.8 Å². The van der Waals surface area contributed by atoms with Crippen LogP contribution in [0.2, 0.25) is 0 Å². The minimum atomic E-state index is -0.606. The first-order valence-corrected chi connectivity index (χ1v) is 6.93. The van der Waals surface area contributed by atoms with Gasteiger partial charge in [0.25, 0.3) is 0 Å². The molecule has 110 valence electrons. The molecular formula is C15H22FN3O. The van der Waals surface area contributed by atoms with Crippen molar-refractivity contribution in [2.75, 3.05) is 13.6 Å². The van der Waals surface area contributed by atoms with Crippen molar-refractivity contribution in [3.8, 4) is 0 Å². The number of hydrogen-bond donors (Lipinski definition) is 3. The maximum Gasteiger partial charge on any atom is 0.123 e. The van der Waals surface area contributed by atoms with Crippen molar-refractivity contribution < 1.29 is 9.50 Å². The number of rotatable bonds is 5. The quantitative estimate of drug-likeness (QED) is 0.569. The molecule has 1 fully saturated rings. The zero-order valence-corrected chi connectivity index (χ0v) is 11.8. The van der Waals surface area contributed by atoms with Crippen LogP contribution in [0.25, 0.3) is 0 Å². The molecule has 0 aromatic heterocycles. The highest BCUT2D eigenvalue weighted by Gasteiger charge is 2.32. The number of hydrogen-bond acceptors (Lipinski definition) is 3. The third-order valence-corrected chi connectivity index (χ3v) is 3.90. The molecule has 1 aliphatic carbocycles. The number of amidine groups is 1. The molecule has 0 atom stereocenters. The summed E-state index contributed by atoms with van der Waals surface area (Å²) in [5.74, 6) is -0.525. The maximum atomic E-state index is 13.2. The van der Waals surface area contributed by atoms with Crippen molar-refractivity contribution >= 4 is 5.84 Å². The normalized spacial score (nSPS) is 17.6. The molecule has 0 amide bonds. The summed E-state index contributed by atoms with van der Waals surface area (Å²) in [4.78, 5) is 2.00. The van der Waals surface area contributed by atoms with E-state index in [-0.39, 0.29) is 5.84 Å². The fourth-order valence-corrected chi connectivity index (χ4v) is 2.98. The van der Waals surface area contributed by atoms with E-state index in [1.165, 1.54) is 12.1 Å². The van der Waals surface area contributed by atoms with Gasteiger partial charge in [-0.3, -0.25) is 10.3 Å². The number of likely N-dealkylation sites (N-methyl/N-ethyl adjacent to an activating group) is 1. The molecule has 0 heterocycles. The van der Waals surface area contributed by atoms with Crippen LogP contribution in [-0.4, -0.2) is 35.0 Å². The number of halogens is 1. The van der Waals surface area contributed by atoms with Gasteiger partial charge in [0.1, 0.15) is 11.7 Å². The molecule has 1 aliphatic rings. The van der Waals surface area contributed by atoms with Gasteiger partial charge in [-0.2, -0.15) is 0 Å². The van der Waals surface area contributed by atoms with Crippen molar-refractivity contribution in [3.63, 3.8) is 0 Å². The van der Waals surface area contributed by atoms with E-state index in [1.807, 2.05) is 11.9 Å². The van der Waals surface area contributed by atoms with Crippen molar-refractivity contribution in [2.24, 2.45) is 5.73 Å². The number of aliphatic hydroxyl groups is 1. The lowest BCUT2D eigenvalue weighted by Crippen LogP contribution is -2.39. The van der Waals surface area contributed by atoms with Crippen LogP contribution in [0.15, 0.2) is 18.2 Å². The standard InChI is InChI=1S/C15H22FN3O/c1-19(10-15(20)6-2-3-7-15)9-11-4-5-12(16)8-13(11)14(17)18/h4-5,8,20H,2-3,6-7,9-10H2,1H3,(H3,17,18). The second-order valence-corrected chi connectivity index (χ2v) is 5.82. The maximum absolute atomic E-state index is 13.2. The zero-order valence-electron chi connectivity index (χ0n) is 11.8. The molecule has 0 aliphatic heterocycles. The summed E-state index contributed by atoms with van der Waals surface area (Å²) in [5, 5.41) is 17.9. The molecule has 1 aromatic carbocycles. The van der Waals surface area contributed by atoms with Crippen LogP contribution < -0.4 is 5.73 Å². The van der Waals surface area contributed by atoms with E-state index in [0.29, 0.717) is 18.7 Å².